The smallest absolute Gasteiger partial charge is 0.222 e. The number of methoxy groups -OCH3 is 1. The number of likely N-dealkylation sites (tertiary alicyclic amines) is 1. The number of carbonyl (C=O) groups is 1. The van der Waals surface area contributed by atoms with Crippen molar-refractivity contribution in [3.63, 3.8) is 0 Å². The Labute approximate surface area is 174 Å². The molecule has 0 bridgehead atoms. The van der Waals surface area contributed by atoms with E-state index in [0.717, 1.165) is 50.1 Å². The highest BCUT2D eigenvalue weighted by Gasteiger charge is 2.32. The van der Waals surface area contributed by atoms with Gasteiger partial charge >= 0.3 is 0 Å². The van der Waals surface area contributed by atoms with Crippen LogP contribution in [-0.2, 0) is 24.1 Å². The van der Waals surface area contributed by atoms with E-state index in [4.69, 9.17) is 4.74 Å². The third-order valence-electron chi connectivity index (χ3n) is 6.68. The minimum Gasteiger partial charge on any atom is -0.497 e. The zero-order valence-corrected chi connectivity index (χ0v) is 17.6. The van der Waals surface area contributed by atoms with Gasteiger partial charge in [0.25, 0.3) is 0 Å². The van der Waals surface area contributed by atoms with Crippen LogP contribution in [-0.4, -0.2) is 55.0 Å². The summed E-state index contributed by atoms with van der Waals surface area (Å²) in [6.45, 7) is 2.15. The fourth-order valence-corrected chi connectivity index (χ4v) is 4.88. The molecule has 29 heavy (non-hydrogen) atoms. The molecule has 0 aromatic heterocycles. The Hall–Kier alpha value is -2.33. The predicted molar refractivity (Wildman–Crippen MR) is 116 cm³/mol. The number of rotatable bonds is 6. The van der Waals surface area contributed by atoms with Crippen molar-refractivity contribution in [1.82, 2.24) is 9.80 Å². The van der Waals surface area contributed by atoms with Crippen molar-refractivity contribution in [2.75, 3.05) is 27.2 Å². The van der Waals surface area contributed by atoms with Crippen molar-refractivity contribution in [3.8, 4) is 5.75 Å². The molecule has 0 radical (unpaired) electrons. The number of nitrogens with zero attached hydrogens (tertiary/aromatic N) is 2. The van der Waals surface area contributed by atoms with Crippen LogP contribution >= 0.6 is 0 Å². The van der Waals surface area contributed by atoms with Crippen LogP contribution in [0.1, 0.15) is 36.0 Å². The van der Waals surface area contributed by atoms with Gasteiger partial charge in [-0.15, -0.1) is 0 Å². The lowest BCUT2D eigenvalue weighted by atomic mass is 10.0. The van der Waals surface area contributed by atoms with Gasteiger partial charge in [-0.05, 0) is 67.5 Å². The van der Waals surface area contributed by atoms with E-state index in [1.54, 1.807) is 7.11 Å². The molecule has 2 aromatic rings. The molecule has 0 unspecified atom stereocenters. The molecular weight excluding hydrogens is 360 g/mol. The van der Waals surface area contributed by atoms with Crippen LogP contribution in [0, 0.1) is 0 Å². The Bertz CT molecular complexity index is 825. The summed E-state index contributed by atoms with van der Waals surface area (Å²) < 4.78 is 5.29. The van der Waals surface area contributed by atoms with E-state index in [9.17, 15) is 4.79 Å². The van der Waals surface area contributed by atoms with Crippen LogP contribution in [0.3, 0.4) is 0 Å². The average molecular weight is 393 g/mol. The third-order valence-corrected chi connectivity index (χ3v) is 6.68. The molecule has 1 aliphatic heterocycles. The zero-order chi connectivity index (χ0) is 20.2. The number of fused-ring (bicyclic) bond motifs is 1. The summed E-state index contributed by atoms with van der Waals surface area (Å²) in [5.41, 5.74) is 4.16. The molecule has 2 aromatic carbocycles. The quantitative estimate of drug-likeness (QED) is 0.751. The number of likely N-dealkylation sites (N-methyl/N-ethyl adjacent to an activating group) is 1. The Morgan fingerprint density at radius 2 is 1.90 bits per heavy atom. The van der Waals surface area contributed by atoms with E-state index in [0.29, 0.717) is 18.5 Å². The minimum atomic E-state index is 0.245. The molecule has 1 amide bonds. The molecular formula is C25H32N2O2. The molecule has 0 saturated carbocycles. The molecule has 2 aliphatic rings. The Morgan fingerprint density at radius 3 is 2.62 bits per heavy atom. The van der Waals surface area contributed by atoms with Crippen molar-refractivity contribution in [3.05, 3.63) is 65.2 Å². The summed E-state index contributed by atoms with van der Waals surface area (Å²) in [7, 11) is 3.67. The van der Waals surface area contributed by atoms with Crippen molar-refractivity contribution in [2.45, 2.75) is 50.6 Å². The highest BCUT2D eigenvalue weighted by atomic mass is 16.5. The summed E-state index contributed by atoms with van der Waals surface area (Å²) in [6.07, 6.45) is 5.89. The van der Waals surface area contributed by atoms with E-state index >= 15 is 0 Å². The lowest BCUT2D eigenvalue weighted by Gasteiger charge is -2.40. The standard InChI is InChI=1S/C25H32N2O2/c1-26(25(28)13-12-19-7-5-11-24(15-19)29-2)22-10-6-14-27(18-22)23-16-20-8-3-4-9-21(20)17-23/h3-5,7-9,11,15,22-23H,6,10,12-14,16-18H2,1-2H3/t22-/m1/s1. The summed E-state index contributed by atoms with van der Waals surface area (Å²) in [5.74, 6) is 1.10. The van der Waals surface area contributed by atoms with Crippen molar-refractivity contribution in [1.29, 1.82) is 0 Å². The molecule has 4 heteroatoms. The van der Waals surface area contributed by atoms with Gasteiger partial charge in [0, 0.05) is 32.1 Å². The molecule has 154 valence electrons. The molecule has 0 spiro atoms. The van der Waals surface area contributed by atoms with Crippen LogP contribution in [0.4, 0.5) is 0 Å². The van der Waals surface area contributed by atoms with Crippen molar-refractivity contribution in [2.24, 2.45) is 0 Å². The van der Waals surface area contributed by atoms with Gasteiger partial charge in [0.05, 0.1) is 7.11 Å². The lowest BCUT2D eigenvalue weighted by molar-refractivity contribution is -0.133. The van der Waals surface area contributed by atoms with Crippen LogP contribution in [0.2, 0.25) is 0 Å². The molecule has 1 heterocycles. The second-order valence-electron chi connectivity index (χ2n) is 8.48. The highest BCUT2D eigenvalue weighted by Crippen LogP contribution is 2.28. The Morgan fingerprint density at radius 1 is 1.14 bits per heavy atom. The normalized spacial score (nSPS) is 19.7. The van der Waals surface area contributed by atoms with E-state index in [1.807, 2.05) is 30.1 Å². The molecule has 1 fully saturated rings. The monoisotopic (exact) mass is 392 g/mol. The first-order chi connectivity index (χ1) is 14.1. The fourth-order valence-electron chi connectivity index (χ4n) is 4.88. The second-order valence-corrected chi connectivity index (χ2v) is 8.48. The maximum Gasteiger partial charge on any atom is 0.222 e. The molecule has 4 nitrogen and oxygen atoms in total. The molecule has 1 saturated heterocycles. The van der Waals surface area contributed by atoms with E-state index in [1.165, 1.54) is 17.5 Å². The molecule has 4 rings (SSSR count). The summed E-state index contributed by atoms with van der Waals surface area (Å²) in [6, 6.07) is 17.8. The first-order valence-electron chi connectivity index (χ1n) is 10.8. The minimum absolute atomic E-state index is 0.245. The van der Waals surface area contributed by atoms with Gasteiger partial charge in [-0.2, -0.15) is 0 Å². The van der Waals surface area contributed by atoms with E-state index in [2.05, 4.69) is 35.2 Å². The fraction of sp³-hybridized carbons (Fsp3) is 0.480. The van der Waals surface area contributed by atoms with Gasteiger partial charge in [-0.25, -0.2) is 0 Å². The number of amides is 1. The number of benzene rings is 2. The summed E-state index contributed by atoms with van der Waals surface area (Å²) >= 11 is 0. The number of piperidine rings is 1. The SMILES string of the molecule is COc1cccc(CCC(=O)N(C)[C@@H]2CCCN(C3Cc4ccccc4C3)C2)c1. The number of aryl methyl sites for hydroxylation is 1. The topological polar surface area (TPSA) is 32.8 Å². The number of hydrogen-bond acceptors (Lipinski definition) is 3. The first kappa shape index (κ1) is 20.0. The maximum absolute atomic E-state index is 12.9. The zero-order valence-electron chi connectivity index (χ0n) is 17.6. The van der Waals surface area contributed by atoms with Gasteiger partial charge in [0.2, 0.25) is 5.91 Å². The molecule has 1 aliphatic carbocycles. The summed E-state index contributed by atoms with van der Waals surface area (Å²) in [4.78, 5) is 17.5. The maximum atomic E-state index is 12.9. The Kier molecular flexibility index (Phi) is 6.19. The summed E-state index contributed by atoms with van der Waals surface area (Å²) in [5, 5.41) is 0. The third kappa shape index (κ3) is 4.64. The van der Waals surface area contributed by atoms with Gasteiger partial charge < -0.3 is 9.64 Å². The van der Waals surface area contributed by atoms with Crippen molar-refractivity contribution >= 4 is 5.91 Å². The van der Waals surface area contributed by atoms with Gasteiger partial charge in [0.15, 0.2) is 0 Å². The van der Waals surface area contributed by atoms with Gasteiger partial charge in [-0.1, -0.05) is 36.4 Å². The number of carbonyl (C=O) groups excluding carboxylic acids is 1. The predicted octanol–water partition coefficient (Wildman–Crippen LogP) is 3.72. The number of ether oxygens (including phenoxy) is 1. The van der Waals surface area contributed by atoms with Crippen LogP contribution < -0.4 is 4.74 Å². The lowest BCUT2D eigenvalue weighted by Crippen LogP contribution is -2.51. The average Bonchev–Trinajstić information content (AvgIpc) is 3.21. The first-order valence-corrected chi connectivity index (χ1v) is 10.8. The van der Waals surface area contributed by atoms with Crippen LogP contribution in [0.25, 0.3) is 0 Å². The Balaban J connectivity index is 1.31. The molecule has 1 atom stereocenters. The van der Waals surface area contributed by atoms with Gasteiger partial charge in [0.1, 0.15) is 5.75 Å². The van der Waals surface area contributed by atoms with Crippen LogP contribution in [0.5, 0.6) is 5.75 Å². The largest absolute Gasteiger partial charge is 0.497 e. The van der Waals surface area contributed by atoms with Gasteiger partial charge in [-0.3, -0.25) is 9.69 Å². The second kappa shape index (κ2) is 9.00. The molecule has 0 N–H and O–H groups in total. The van der Waals surface area contributed by atoms with Crippen LogP contribution in [0.15, 0.2) is 48.5 Å². The van der Waals surface area contributed by atoms with E-state index < -0.39 is 0 Å². The van der Waals surface area contributed by atoms with E-state index in [-0.39, 0.29) is 5.91 Å². The van der Waals surface area contributed by atoms with Crippen molar-refractivity contribution < 1.29 is 9.53 Å². The highest BCUT2D eigenvalue weighted by molar-refractivity contribution is 5.76. The number of hydrogen-bond donors (Lipinski definition) is 0.